The van der Waals surface area contributed by atoms with Gasteiger partial charge in [0.2, 0.25) is 0 Å². The molecule has 1 fully saturated rings. The van der Waals surface area contributed by atoms with Crippen LogP contribution in [0.4, 0.5) is 5.69 Å². The Bertz CT molecular complexity index is 337. The predicted octanol–water partition coefficient (Wildman–Crippen LogP) is 0.816. The fourth-order valence-electron chi connectivity index (χ4n) is 2.02. The molecule has 16 heavy (non-hydrogen) atoms. The number of piperazine rings is 1. The van der Waals surface area contributed by atoms with E-state index < -0.39 is 0 Å². The first-order chi connectivity index (χ1) is 7.81. The lowest BCUT2D eigenvalue weighted by Crippen LogP contribution is -2.47. The van der Waals surface area contributed by atoms with Gasteiger partial charge < -0.3 is 10.6 Å². The quantitative estimate of drug-likeness (QED) is 0.850. The summed E-state index contributed by atoms with van der Waals surface area (Å²) in [5.74, 6) is 0. The van der Waals surface area contributed by atoms with Crippen molar-refractivity contribution in [3.8, 4) is 0 Å². The summed E-state index contributed by atoms with van der Waals surface area (Å²) < 4.78 is 0. The van der Waals surface area contributed by atoms with E-state index >= 15 is 0 Å². The van der Waals surface area contributed by atoms with Gasteiger partial charge in [-0.1, -0.05) is 11.6 Å². The van der Waals surface area contributed by atoms with E-state index in [0.717, 1.165) is 50.0 Å². The Morgan fingerprint density at radius 3 is 2.69 bits per heavy atom. The van der Waals surface area contributed by atoms with Crippen LogP contribution in [-0.2, 0) is 0 Å². The van der Waals surface area contributed by atoms with Gasteiger partial charge in [0.1, 0.15) is 0 Å². The van der Waals surface area contributed by atoms with Crippen LogP contribution in [0.1, 0.15) is 0 Å². The highest BCUT2D eigenvalue weighted by Gasteiger charge is 2.17. The molecule has 0 bridgehead atoms. The average molecular weight is 241 g/mol. The molecule has 0 aromatic carbocycles. The Balaban J connectivity index is 1.96. The monoisotopic (exact) mass is 240 g/mol. The van der Waals surface area contributed by atoms with Crippen molar-refractivity contribution in [3.05, 3.63) is 23.5 Å². The third-order valence-corrected chi connectivity index (χ3v) is 3.20. The molecule has 2 N–H and O–H groups in total. The average Bonchev–Trinajstić information content (AvgIpc) is 2.31. The van der Waals surface area contributed by atoms with Crippen LogP contribution in [0.15, 0.2) is 18.5 Å². The van der Waals surface area contributed by atoms with Crippen molar-refractivity contribution in [3.63, 3.8) is 0 Å². The van der Waals surface area contributed by atoms with Crippen molar-refractivity contribution in [2.45, 2.75) is 0 Å². The van der Waals surface area contributed by atoms with Gasteiger partial charge in [-0.05, 0) is 6.07 Å². The fraction of sp³-hybridized carbons (Fsp3) is 0.545. The summed E-state index contributed by atoms with van der Waals surface area (Å²) >= 11 is 6.12. The maximum atomic E-state index is 6.12. The highest BCUT2D eigenvalue weighted by Crippen LogP contribution is 2.24. The Hall–Kier alpha value is -0.840. The van der Waals surface area contributed by atoms with Crippen LogP contribution < -0.4 is 10.6 Å². The van der Waals surface area contributed by atoms with Crippen molar-refractivity contribution in [2.24, 2.45) is 5.73 Å². The lowest BCUT2D eigenvalue weighted by molar-refractivity contribution is 0.265. The predicted molar refractivity (Wildman–Crippen MR) is 67.0 cm³/mol. The van der Waals surface area contributed by atoms with Crippen LogP contribution in [0.25, 0.3) is 0 Å². The van der Waals surface area contributed by atoms with E-state index in [1.54, 1.807) is 12.4 Å². The van der Waals surface area contributed by atoms with Gasteiger partial charge in [-0.3, -0.25) is 9.88 Å². The van der Waals surface area contributed by atoms with E-state index in [-0.39, 0.29) is 0 Å². The fourth-order valence-corrected chi connectivity index (χ4v) is 2.26. The van der Waals surface area contributed by atoms with Gasteiger partial charge in [-0.2, -0.15) is 0 Å². The van der Waals surface area contributed by atoms with Crippen molar-refractivity contribution in [1.29, 1.82) is 0 Å². The zero-order valence-electron chi connectivity index (χ0n) is 9.27. The van der Waals surface area contributed by atoms with Crippen molar-refractivity contribution < 1.29 is 0 Å². The Labute approximate surface area is 101 Å². The smallest absolute Gasteiger partial charge is 0.0822 e. The number of nitrogens with zero attached hydrogens (tertiary/aromatic N) is 3. The summed E-state index contributed by atoms with van der Waals surface area (Å²) in [7, 11) is 0. The third-order valence-electron chi connectivity index (χ3n) is 2.91. The van der Waals surface area contributed by atoms with Gasteiger partial charge in [0.05, 0.1) is 10.7 Å². The lowest BCUT2D eigenvalue weighted by atomic mass is 10.2. The highest BCUT2D eigenvalue weighted by atomic mass is 35.5. The second kappa shape index (κ2) is 5.48. The number of anilines is 1. The molecule has 1 aliphatic rings. The summed E-state index contributed by atoms with van der Waals surface area (Å²) in [6, 6.07) is 1.97. The van der Waals surface area contributed by atoms with Crippen molar-refractivity contribution >= 4 is 17.3 Å². The number of hydrogen-bond donors (Lipinski definition) is 1. The van der Waals surface area contributed by atoms with Crippen molar-refractivity contribution in [1.82, 2.24) is 9.88 Å². The molecule has 0 aliphatic carbocycles. The van der Waals surface area contributed by atoms with Gasteiger partial charge in [-0.25, -0.2) is 0 Å². The first-order valence-corrected chi connectivity index (χ1v) is 5.96. The molecule has 0 amide bonds. The summed E-state index contributed by atoms with van der Waals surface area (Å²) in [4.78, 5) is 8.68. The normalized spacial score (nSPS) is 17.8. The van der Waals surface area contributed by atoms with E-state index in [0.29, 0.717) is 0 Å². The molecule has 4 nitrogen and oxygen atoms in total. The largest absolute Gasteiger partial charge is 0.368 e. The van der Waals surface area contributed by atoms with E-state index in [2.05, 4.69) is 14.8 Å². The Morgan fingerprint density at radius 1 is 1.31 bits per heavy atom. The molecule has 1 aromatic rings. The molecule has 0 spiro atoms. The molecule has 0 saturated carbocycles. The van der Waals surface area contributed by atoms with Crippen LogP contribution in [0.2, 0.25) is 5.02 Å². The van der Waals surface area contributed by atoms with Crippen molar-refractivity contribution in [2.75, 3.05) is 44.2 Å². The summed E-state index contributed by atoms with van der Waals surface area (Å²) in [5.41, 5.74) is 6.63. The first-order valence-electron chi connectivity index (χ1n) is 5.58. The van der Waals surface area contributed by atoms with Crippen LogP contribution in [0.5, 0.6) is 0 Å². The molecule has 2 heterocycles. The molecule has 0 radical (unpaired) electrons. The lowest BCUT2D eigenvalue weighted by Gasteiger charge is -2.36. The molecular formula is C11H17ClN4. The third kappa shape index (κ3) is 2.64. The zero-order chi connectivity index (χ0) is 11.4. The van der Waals surface area contributed by atoms with E-state index in [1.807, 2.05) is 6.07 Å². The van der Waals surface area contributed by atoms with Crippen LogP contribution >= 0.6 is 11.6 Å². The molecule has 0 atom stereocenters. The maximum Gasteiger partial charge on any atom is 0.0822 e. The minimum absolute atomic E-state index is 0.731. The molecule has 1 aliphatic heterocycles. The molecule has 2 rings (SSSR count). The topological polar surface area (TPSA) is 45.4 Å². The number of aromatic nitrogens is 1. The first kappa shape index (κ1) is 11.6. The zero-order valence-corrected chi connectivity index (χ0v) is 10.0. The molecule has 0 unspecified atom stereocenters. The number of hydrogen-bond acceptors (Lipinski definition) is 4. The summed E-state index contributed by atoms with van der Waals surface area (Å²) in [5, 5.41) is 0.731. The second-order valence-corrected chi connectivity index (χ2v) is 4.35. The molecule has 1 saturated heterocycles. The maximum absolute atomic E-state index is 6.12. The number of nitrogens with two attached hydrogens (primary N) is 1. The molecule has 5 heteroatoms. The summed E-state index contributed by atoms with van der Waals surface area (Å²) in [6.07, 6.45) is 3.48. The van der Waals surface area contributed by atoms with E-state index in [4.69, 9.17) is 17.3 Å². The SMILES string of the molecule is NCCN1CCN(c2ccncc2Cl)CC1. The van der Waals surface area contributed by atoms with Gasteiger partial charge in [0, 0.05) is 51.7 Å². The van der Waals surface area contributed by atoms with Crippen LogP contribution in [0.3, 0.4) is 0 Å². The number of pyridine rings is 1. The minimum atomic E-state index is 0.731. The van der Waals surface area contributed by atoms with E-state index in [1.165, 1.54) is 0 Å². The highest BCUT2D eigenvalue weighted by molar-refractivity contribution is 6.33. The van der Waals surface area contributed by atoms with Gasteiger partial charge in [0.15, 0.2) is 0 Å². The van der Waals surface area contributed by atoms with Gasteiger partial charge in [0.25, 0.3) is 0 Å². The molecule has 88 valence electrons. The van der Waals surface area contributed by atoms with Crippen LogP contribution in [0, 0.1) is 0 Å². The van der Waals surface area contributed by atoms with Gasteiger partial charge >= 0.3 is 0 Å². The Kier molecular flexibility index (Phi) is 3.98. The minimum Gasteiger partial charge on any atom is -0.368 e. The summed E-state index contributed by atoms with van der Waals surface area (Å²) in [6.45, 7) is 5.83. The van der Waals surface area contributed by atoms with E-state index in [9.17, 15) is 0 Å². The standard InChI is InChI=1S/C11H17ClN4/c12-10-9-14-3-1-11(10)16-7-5-15(4-2-13)6-8-16/h1,3,9H,2,4-8,13H2. The number of halogens is 1. The second-order valence-electron chi connectivity index (χ2n) is 3.94. The molecule has 1 aromatic heterocycles. The van der Waals surface area contributed by atoms with Gasteiger partial charge in [-0.15, -0.1) is 0 Å². The van der Waals surface area contributed by atoms with Crippen LogP contribution in [-0.4, -0.2) is 49.2 Å². The Morgan fingerprint density at radius 2 is 2.06 bits per heavy atom. The number of rotatable bonds is 3. The molecular weight excluding hydrogens is 224 g/mol.